The lowest BCUT2D eigenvalue weighted by Crippen LogP contribution is -2.27. The number of ether oxygens (including phenoxy) is 2. The van der Waals surface area contributed by atoms with Gasteiger partial charge in [-0.25, -0.2) is 0 Å². The summed E-state index contributed by atoms with van der Waals surface area (Å²) in [5, 5.41) is 0.406. The summed E-state index contributed by atoms with van der Waals surface area (Å²) in [6, 6.07) is 10.3. The van der Waals surface area contributed by atoms with E-state index in [4.69, 9.17) is 39.1 Å². The van der Waals surface area contributed by atoms with Gasteiger partial charge in [0.25, 0.3) is 11.1 Å². The molecule has 1 heterocycles. The van der Waals surface area contributed by atoms with E-state index in [1.54, 1.807) is 42.5 Å². The molecule has 0 spiro atoms. The van der Waals surface area contributed by atoms with Crippen LogP contribution < -0.4 is 9.47 Å². The number of halogens is 2. The Kier molecular flexibility index (Phi) is 6.75. The number of hydrogen-bond donors (Lipinski definition) is 0. The average Bonchev–Trinajstić information content (AvgIpc) is 2.95. The summed E-state index contributed by atoms with van der Waals surface area (Å²) >= 11 is 13.3. The van der Waals surface area contributed by atoms with Gasteiger partial charge in [0, 0.05) is 5.02 Å². The maximum Gasteiger partial charge on any atom is 0.293 e. The van der Waals surface area contributed by atoms with Crippen LogP contribution in [0.5, 0.6) is 11.5 Å². The van der Waals surface area contributed by atoms with Gasteiger partial charge in [0.2, 0.25) is 0 Å². The minimum absolute atomic E-state index is 0.0381. The van der Waals surface area contributed by atoms with E-state index < -0.39 is 5.91 Å². The molecule has 148 valence electrons. The van der Waals surface area contributed by atoms with Crippen molar-refractivity contribution in [2.45, 2.75) is 6.54 Å². The van der Waals surface area contributed by atoms with E-state index in [1.807, 2.05) is 0 Å². The number of methoxy groups -OCH3 is 1. The van der Waals surface area contributed by atoms with Crippen molar-refractivity contribution in [2.75, 3.05) is 13.7 Å². The van der Waals surface area contributed by atoms with E-state index in [-0.39, 0.29) is 28.3 Å². The van der Waals surface area contributed by atoms with Crippen molar-refractivity contribution < 1.29 is 19.1 Å². The SMILES string of the molecule is C#CCOc1c(Cl)cc(/C=C2\SC(=O)N(Cc3ccccc3Cl)C2=O)cc1OC. The molecule has 0 unspecified atom stereocenters. The third kappa shape index (κ3) is 4.70. The molecule has 1 fully saturated rings. The largest absolute Gasteiger partial charge is 0.493 e. The van der Waals surface area contributed by atoms with Crippen LogP contribution in [0.1, 0.15) is 11.1 Å². The first-order chi connectivity index (χ1) is 13.9. The zero-order chi connectivity index (χ0) is 21.0. The quantitative estimate of drug-likeness (QED) is 0.446. The molecule has 5 nitrogen and oxygen atoms in total. The Morgan fingerprint density at radius 2 is 1.97 bits per heavy atom. The number of imide groups is 1. The number of nitrogens with zero attached hydrogens (tertiary/aromatic N) is 1. The molecule has 0 N–H and O–H groups in total. The van der Waals surface area contributed by atoms with E-state index >= 15 is 0 Å². The van der Waals surface area contributed by atoms with Crippen LogP contribution in [0, 0.1) is 12.3 Å². The molecule has 0 atom stereocenters. The molecule has 29 heavy (non-hydrogen) atoms. The first-order valence-electron chi connectivity index (χ1n) is 8.37. The zero-order valence-corrected chi connectivity index (χ0v) is 17.6. The Hall–Kier alpha value is -2.59. The zero-order valence-electron chi connectivity index (χ0n) is 15.3. The Morgan fingerprint density at radius 1 is 1.21 bits per heavy atom. The number of amides is 2. The van der Waals surface area contributed by atoms with Crippen molar-refractivity contribution in [2.24, 2.45) is 0 Å². The molecule has 3 rings (SSSR count). The normalized spacial score (nSPS) is 15.0. The van der Waals surface area contributed by atoms with Crippen LogP contribution >= 0.6 is 35.0 Å². The summed E-state index contributed by atoms with van der Waals surface area (Å²) in [5.74, 6) is 2.64. The molecule has 8 heteroatoms. The molecule has 0 radical (unpaired) electrons. The fraction of sp³-hybridized carbons (Fsp3) is 0.143. The van der Waals surface area contributed by atoms with Crippen LogP contribution in [0.15, 0.2) is 41.3 Å². The monoisotopic (exact) mass is 447 g/mol. The van der Waals surface area contributed by atoms with Gasteiger partial charge in [-0.1, -0.05) is 47.3 Å². The Balaban J connectivity index is 1.87. The van der Waals surface area contributed by atoms with Crippen LogP contribution in [-0.2, 0) is 11.3 Å². The van der Waals surface area contributed by atoms with E-state index in [9.17, 15) is 9.59 Å². The van der Waals surface area contributed by atoms with Crippen LogP contribution in [0.4, 0.5) is 4.79 Å². The van der Waals surface area contributed by atoms with E-state index in [2.05, 4.69) is 5.92 Å². The number of benzene rings is 2. The summed E-state index contributed by atoms with van der Waals surface area (Å²) in [4.78, 5) is 26.5. The molecular formula is C21H15Cl2NO4S. The number of rotatable bonds is 6. The third-order valence-corrected chi connectivity index (χ3v) is 5.57. The van der Waals surface area contributed by atoms with Crippen molar-refractivity contribution in [3.8, 4) is 23.8 Å². The fourth-order valence-electron chi connectivity index (χ4n) is 2.66. The lowest BCUT2D eigenvalue weighted by atomic mass is 10.1. The van der Waals surface area contributed by atoms with Crippen molar-refractivity contribution in [3.63, 3.8) is 0 Å². The molecule has 2 aromatic carbocycles. The predicted octanol–water partition coefficient (Wildman–Crippen LogP) is 5.25. The summed E-state index contributed by atoms with van der Waals surface area (Å²) in [7, 11) is 1.47. The third-order valence-electron chi connectivity index (χ3n) is 4.01. The Morgan fingerprint density at radius 3 is 2.66 bits per heavy atom. The topological polar surface area (TPSA) is 55.8 Å². The van der Waals surface area contributed by atoms with E-state index in [0.29, 0.717) is 27.6 Å². The molecule has 1 aliphatic heterocycles. The first-order valence-corrected chi connectivity index (χ1v) is 9.94. The van der Waals surface area contributed by atoms with Gasteiger partial charge in [-0.05, 0) is 47.2 Å². The van der Waals surface area contributed by atoms with Crippen LogP contribution in [0.3, 0.4) is 0 Å². The van der Waals surface area contributed by atoms with Crippen molar-refractivity contribution in [3.05, 3.63) is 62.5 Å². The number of hydrogen-bond acceptors (Lipinski definition) is 5. The Bertz CT molecular complexity index is 1050. The maximum absolute atomic E-state index is 12.7. The molecule has 2 amide bonds. The van der Waals surface area contributed by atoms with Gasteiger partial charge in [-0.15, -0.1) is 6.42 Å². The number of thioether (sulfide) groups is 1. The smallest absolute Gasteiger partial charge is 0.293 e. The van der Waals surface area contributed by atoms with Gasteiger partial charge in [-0.2, -0.15) is 0 Å². The van der Waals surface area contributed by atoms with E-state index in [1.165, 1.54) is 7.11 Å². The maximum atomic E-state index is 12.7. The Labute approximate surface area is 182 Å². The van der Waals surface area contributed by atoms with Gasteiger partial charge >= 0.3 is 0 Å². The summed E-state index contributed by atoms with van der Waals surface area (Å²) in [6.07, 6.45) is 6.79. The highest BCUT2D eigenvalue weighted by molar-refractivity contribution is 8.18. The average molecular weight is 448 g/mol. The highest BCUT2D eigenvalue weighted by Crippen LogP contribution is 2.39. The number of carbonyl (C=O) groups excluding carboxylic acids is 2. The van der Waals surface area contributed by atoms with Crippen molar-refractivity contribution in [1.82, 2.24) is 4.90 Å². The van der Waals surface area contributed by atoms with Crippen molar-refractivity contribution in [1.29, 1.82) is 0 Å². The van der Waals surface area contributed by atoms with E-state index in [0.717, 1.165) is 16.7 Å². The number of carbonyl (C=O) groups is 2. The highest BCUT2D eigenvalue weighted by atomic mass is 35.5. The molecule has 0 saturated carbocycles. The second kappa shape index (κ2) is 9.27. The lowest BCUT2D eigenvalue weighted by Gasteiger charge is -2.13. The molecule has 1 saturated heterocycles. The molecule has 1 aliphatic rings. The molecular weight excluding hydrogens is 433 g/mol. The van der Waals surface area contributed by atoms with Crippen molar-refractivity contribution >= 4 is 52.2 Å². The summed E-state index contributed by atoms with van der Waals surface area (Å²) in [6.45, 7) is 0.140. The molecule has 0 aromatic heterocycles. The minimum atomic E-state index is -0.400. The number of terminal acetylenes is 1. The van der Waals surface area contributed by atoms with Crippen LogP contribution in [0.25, 0.3) is 6.08 Å². The fourth-order valence-corrected chi connectivity index (χ4v) is 3.97. The standard InChI is InChI=1S/C21H15Cl2NO4S/c1-3-8-28-19-16(23)9-13(10-17(19)27-2)11-18-20(25)24(21(26)29-18)12-14-6-4-5-7-15(14)22/h1,4-7,9-11H,8,12H2,2H3/b18-11-. The van der Waals surface area contributed by atoms with Gasteiger partial charge in [0.15, 0.2) is 11.5 Å². The van der Waals surface area contributed by atoms with Crippen LogP contribution in [-0.4, -0.2) is 29.8 Å². The van der Waals surface area contributed by atoms with Gasteiger partial charge in [0.05, 0.1) is 23.6 Å². The summed E-state index contributed by atoms with van der Waals surface area (Å²) < 4.78 is 10.7. The molecule has 0 aliphatic carbocycles. The van der Waals surface area contributed by atoms with Crippen LogP contribution in [0.2, 0.25) is 10.0 Å². The summed E-state index contributed by atoms with van der Waals surface area (Å²) in [5.41, 5.74) is 1.28. The minimum Gasteiger partial charge on any atom is -0.493 e. The first kappa shape index (κ1) is 21.1. The second-order valence-electron chi connectivity index (χ2n) is 5.89. The van der Waals surface area contributed by atoms with Gasteiger partial charge in [0.1, 0.15) is 6.61 Å². The predicted molar refractivity (Wildman–Crippen MR) is 115 cm³/mol. The second-order valence-corrected chi connectivity index (χ2v) is 7.69. The highest BCUT2D eigenvalue weighted by Gasteiger charge is 2.35. The van der Waals surface area contributed by atoms with Gasteiger partial charge < -0.3 is 9.47 Å². The molecule has 0 bridgehead atoms. The molecule has 2 aromatic rings. The van der Waals surface area contributed by atoms with Gasteiger partial charge in [-0.3, -0.25) is 14.5 Å². The lowest BCUT2D eigenvalue weighted by molar-refractivity contribution is -0.123.